The van der Waals surface area contributed by atoms with E-state index in [1.54, 1.807) is 4.90 Å². The second kappa shape index (κ2) is 9.06. The van der Waals surface area contributed by atoms with Crippen LogP contribution in [0.5, 0.6) is 11.6 Å². The monoisotopic (exact) mass is 599 g/mol. The lowest BCUT2D eigenvalue weighted by atomic mass is 10.1. The number of hydrogen-bond acceptors (Lipinski definition) is 6. The molecular formula is C18H12ClF4IN5O2P. The van der Waals surface area contributed by atoms with Crippen molar-refractivity contribution in [2.45, 2.75) is 19.1 Å². The molecule has 4 rings (SSSR count). The molecule has 1 aromatic carbocycles. The van der Waals surface area contributed by atoms with E-state index in [1.807, 2.05) is 22.0 Å². The molecule has 0 fully saturated rings. The molecule has 1 unspecified atom stereocenters. The van der Waals surface area contributed by atoms with E-state index in [1.165, 1.54) is 17.0 Å². The Balaban J connectivity index is 1.65. The molecule has 0 saturated heterocycles. The third kappa shape index (κ3) is 4.53. The summed E-state index contributed by atoms with van der Waals surface area (Å²) in [5, 5.41) is 4.12. The van der Waals surface area contributed by atoms with E-state index in [0.29, 0.717) is 36.0 Å². The van der Waals surface area contributed by atoms with Crippen LogP contribution < -0.4 is 15.2 Å². The lowest BCUT2D eigenvalue weighted by Gasteiger charge is -2.30. The van der Waals surface area contributed by atoms with Crippen molar-refractivity contribution in [1.82, 2.24) is 19.5 Å². The molecule has 1 atom stereocenters. The van der Waals surface area contributed by atoms with Gasteiger partial charge in [0.25, 0.3) is 5.56 Å². The molecule has 0 saturated carbocycles. The number of rotatable bonds is 4. The number of benzene rings is 1. The molecule has 0 N–H and O–H groups in total. The van der Waals surface area contributed by atoms with Crippen LogP contribution in [0.15, 0.2) is 35.5 Å². The minimum absolute atomic E-state index is 0.0271. The maximum atomic E-state index is 13.4. The first-order chi connectivity index (χ1) is 15.2. The lowest BCUT2D eigenvalue weighted by Crippen LogP contribution is -2.33. The molecule has 0 bridgehead atoms. The number of nitrogens with zero attached hydrogens (tertiary/aromatic N) is 5. The predicted molar refractivity (Wildman–Crippen MR) is 120 cm³/mol. The highest BCUT2D eigenvalue weighted by molar-refractivity contribution is 14.2. The van der Waals surface area contributed by atoms with Gasteiger partial charge in [-0.1, -0.05) is 11.6 Å². The molecule has 0 radical (unpaired) electrons. The summed E-state index contributed by atoms with van der Waals surface area (Å²) >= 11 is 8.26. The molecule has 14 heteroatoms. The SMILES string of the molecule is O=c1c(Cl)c(N2CCc3c(ncnc3Oc3ccc(F)cc3C(F)(F)F)C2)cnn1PI. The summed E-state index contributed by atoms with van der Waals surface area (Å²) in [5.41, 5.74) is -0.186. The number of anilines is 1. The normalized spacial score (nSPS) is 14.1. The summed E-state index contributed by atoms with van der Waals surface area (Å²) in [4.78, 5) is 22.3. The van der Waals surface area contributed by atoms with Crippen LogP contribution >= 0.6 is 40.0 Å². The van der Waals surface area contributed by atoms with Gasteiger partial charge in [0.2, 0.25) is 5.88 Å². The smallest absolute Gasteiger partial charge is 0.420 e. The quantitative estimate of drug-likeness (QED) is 0.239. The van der Waals surface area contributed by atoms with Crippen molar-refractivity contribution in [3.8, 4) is 11.6 Å². The summed E-state index contributed by atoms with van der Waals surface area (Å²) in [7, 11) is 0. The molecule has 32 heavy (non-hydrogen) atoms. The van der Waals surface area contributed by atoms with Crippen LogP contribution in [0, 0.1) is 5.82 Å². The number of fused-ring (bicyclic) bond motifs is 1. The summed E-state index contributed by atoms with van der Waals surface area (Å²) in [6.45, 7) is 0.602. The fourth-order valence-electron chi connectivity index (χ4n) is 3.24. The number of hydrogen-bond donors (Lipinski definition) is 0. The fraction of sp³-hybridized carbons (Fsp3) is 0.222. The van der Waals surface area contributed by atoms with Crippen molar-refractivity contribution >= 4 is 45.7 Å². The van der Waals surface area contributed by atoms with Crippen LogP contribution in [-0.4, -0.2) is 26.1 Å². The van der Waals surface area contributed by atoms with Crippen LogP contribution in [0.2, 0.25) is 5.02 Å². The van der Waals surface area contributed by atoms with Gasteiger partial charge in [-0.15, -0.1) is 0 Å². The lowest BCUT2D eigenvalue weighted by molar-refractivity contribution is -0.138. The molecule has 0 aliphatic carbocycles. The third-order valence-electron chi connectivity index (χ3n) is 4.74. The zero-order valence-electron chi connectivity index (χ0n) is 15.8. The van der Waals surface area contributed by atoms with E-state index in [4.69, 9.17) is 16.3 Å². The van der Waals surface area contributed by atoms with E-state index in [2.05, 4.69) is 15.1 Å². The first-order valence-electron chi connectivity index (χ1n) is 8.96. The molecule has 3 heterocycles. The van der Waals surface area contributed by atoms with Gasteiger partial charge in [0, 0.05) is 12.1 Å². The van der Waals surface area contributed by atoms with E-state index < -0.39 is 28.9 Å². The second-order valence-electron chi connectivity index (χ2n) is 6.66. The first kappa shape index (κ1) is 23.1. The second-order valence-corrected chi connectivity index (χ2v) is 9.08. The van der Waals surface area contributed by atoms with E-state index in [-0.39, 0.29) is 23.8 Å². The molecule has 2 aromatic heterocycles. The first-order valence-corrected chi connectivity index (χ1v) is 13.4. The van der Waals surface area contributed by atoms with Gasteiger partial charge < -0.3 is 9.64 Å². The zero-order chi connectivity index (χ0) is 23.0. The molecule has 7 nitrogen and oxygen atoms in total. The average Bonchev–Trinajstić information content (AvgIpc) is 2.76. The maximum Gasteiger partial charge on any atom is 0.420 e. The maximum absolute atomic E-state index is 13.4. The summed E-state index contributed by atoms with van der Waals surface area (Å²) in [6, 6.07) is 2.17. The van der Waals surface area contributed by atoms with Crippen LogP contribution in [0.4, 0.5) is 23.2 Å². The van der Waals surface area contributed by atoms with Crippen molar-refractivity contribution in [3.05, 3.63) is 68.7 Å². The largest absolute Gasteiger partial charge is 0.438 e. The van der Waals surface area contributed by atoms with Crippen molar-refractivity contribution < 1.29 is 22.3 Å². The molecule has 3 aromatic rings. The van der Waals surface area contributed by atoms with Gasteiger partial charge >= 0.3 is 6.18 Å². The van der Waals surface area contributed by atoms with Crippen LogP contribution in [-0.2, 0) is 19.1 Å². The average molecular weight is 600 g/mol. The molecular weight excluding hydrogens is 588 g/mol. The van der Waals surface area contributed by atoms with E-state index in [0.717, 1.165) is 12.1 Å². The molecule has 0 spiro atoms. The Labute approximate surface area is 198 Å². The Morgan fingerprint density at radius 2 is 2.03 bits per heavy atom. The fourth-order valence-corrected chi connectivity index (χ4v) is 4.88. The van der Waals surface area contributed by atoms with E-state index >= 15 is 0 Å². The molecule has 1 aliphatic rings. The van der Waals surface area contributed by atoms with Gasteiger partial charge in [0.05, 0.1) is 30.5 Å². The van der Waals surface area contributed by atoms with Crippen LogP contribution in [0.3, 0.4) is 0 Å². The highest BCUT2D eigenvalue weighted by atomic mass is 127. The van der Waals surface area contributed by atoms with Gasteiger partial charge in [-0.25, -0.2) is 18.8 Å². The Bertz CT molecular complexity index is 1240. The van der Waals surface area contributed by atoms with Gasteiger partial charge in [0.15, 0.2) is 0 Å². The standard InChI is InChI=1S/C18H12ClF4IN5O2P/c19-15-13(6-27-29(32-24)17(15)30)28-4-3-10-12(7-28)25-8-26-16(10)31-14-2-1-9(20)5-11(14)18(21,22)23/h1-2,5-6,8,32H,3-4,7H2. The number of aromatic nitrogens is 4. The van der Waals surface area contributed by atoms with Gasteiger partial charge in [-0.05, 0) is 46.7 Å². The molecule has 168 valence electrons. The van der Waals surface area contributed by atoms with Crippen molar-refractivity contribution in [3.63, 3.8) is 0 Å². The predicted octanol–water partition coefficient (Wildman–Crippen LogP) is 4.99. The Kier molecular flexibility index (Phi) is 6.55. The minimum Gasteiger partial charge on any atom is -0.438 e. The Hall–Kier alpha value is -2.05. The van der Waals surface area contributed by atoms with Crippen molar-refractivity contribution in [1.29, 1.82) is 0 Å². The Morgan fingerprint density at radius 3 is 2.75 bits per heavy atom. The van der Waals surface area contributed by atoms with Gasteiger partial charge in [-0.3, -0.25) is 4.79 Å². The third-order valence-corrected chi connectivity index (χ3v) is 6.95. The highest BCUT2D eigenvalue weighted by Crippen LogP contribution is 2.39. The van der Waals surface area contributed by atoms with Crippen LogP contribution in [0.1, 0.15) is 16.8 Å². The van der Waals surface area contributed by atoms with Gasteiger partial charge in [0.1, 0.15) is 28.5 Å². The minimum atomic E-state index is -4.80. The van der Waals surface area contributed by atoms with Crippen molar-refractivity contribution in [2.75, 3.05) is 11.4 Å². The van der Waals surface area contributed by atoms with Crippen LogP contribution in [0.25, 0.3) is 0 Å². The topological polar surface area (TPSA) is 73.1 Å². The highest BCUT2D eigenvalue weighted by Gasteiger charge is 2.35. The summed E-state index contributed by atoms with van der Waals surface area (Å²) < 4.78 is 60.0. The Morgan fingerprint density at radius 1 is 1.25 bits per heavy atom. The van der Waals surface area contributed by atoms with E-state index in [9.17, 15) is 22.4 Å². The summed E-state index contributed by atoms with van der Waals surface area (Å²) in [5.74, 6) is -1.63. The zero-order valence-corrected chi connectivity index (χ0v) is 19.7. The number of ether oxygens (including phenoxy) is 1. The summed E-state index contributed by atoms with van der Waals surface area (Å²) in [6.07, 6.45) is -1.72. The molecule has 0 amide bonds. The van der Waals surface area contributed by atoms with Crippen molar-refractivity contribution in [2.24, 2.45) is 0 Å². The number of alkyl halides is 3. The molecule has 1 aliphatic heterocycles. The number of halogens is 6. The van der Waals surface area contributed by atoms with Gasteiger partial charge in [-0.2, -0.15) is 18.3 Å².